The van der Waals surface area contributed by atoms with Gasteiger partial charge in [-0.3, -0.25) is 14.2 Å². The van der Waals surface area contributed by atoms with Crippen LogP contribution in [-0.2, 0) is 6.54 Å². The standard InChI is InChI=1S/C15H15ClN2O2/c1-10(2)9-17-7-8-18(15(20)14(17)19)13-6-4-5-12(16)11(13)3/h4-8H,1,9H2,2-3H3. The molecule has 0 N–H and O–H groups in total. The van der Waals surface area contributed by atoms with E-state index in [9.17, 15) is 9.59 Å². The maximum absolute atomic E-state index is 12.2. The SMILES string of the molecule is C=C(C)Cn1ccn(-c2cccc(Cl)c2C)c(=O)c1=O. The lowest BCUT2D eigenvalue weighted by Crippen LogP contribution is -2.40. The molecule has 104 valence electrons. The van der Waals surface area contributed by atoms with E-state index in [0.29, 0.717) is 17.3 Å². The molecule has 0 spiro atoms. The number of halogens is 1. The van der Waals surface area contributed by atoms with E-state index in [2.05, 4.69) is 6.58 Å². The van der Waals surface area contributed by atoms with Crippen LogP contribution in [0.2, 0.25) is 5.02 Å². The Kier molecular flexibility index (Phi) is 3.95. The van der Waals surface area contributed by atoms with Crippen LogP contribution in [0.1, 0.15) is 12.5 Å². The predicted molar refractivity (Wildman–Crippen MR) is 80.9 cm³/mol. The van der Waals surface area contributed by atoms with E-state index in [1.807, 2.05) is 6.92 Å². The summed E-state index contributed by atoms with van der Waals surface area (Å²) < 4.78 is 2.67. The minimum absolute atomic E-state index is 0.337. The minimum Gasteiger partial charge on any atom is -0.305 e. The van der Waals surface area contributed by atoms with Crippen LogP contribution in [0.15, 0.2) is 52.3 Å². The molecule has 1 aromatic carbocycles. The summed E-state index contributed by atoms with van der Waals surface area (Å²) in [7, 11) is 0. The van der Waals surface area contributed by atoms with Gasteiger partial charge in [-0.05, 0) is 31.5 Å². The highest BCUT2D eigenvalue weighted by atomic mass is 35.5. The van der Waals surface area contributed by atoms with Crippen LogP contribution in [0.25, 0.3) is 5.69 Å². The van der Waals surface area contributed by atoms with Crippen LogP contribution in [0.5, 0.6) is 0 Å². The third-order valence-corrected chi connectivity index (χ3v) is 3.41. The summed E-state index contributed by atoms with van der Waals surface area (Å²) in [5.41, 5.74) is 1.01. The molecule has 4 nitrogen and oxygen atoms in total. The molecule has 5 heteroatoms. The Morgan fingerprint density at radius 3 is 2.60 bits per heavy atom. The highest BCUT2D eigenvalue weighted by Crippen LogP contribution is 2.20. The molecule has 0 aliphatic heterocycles. The van der Waals surface area contributed by atoms with Crippen molar-refractivity contribution in [2.45, 2.75) is 20.4 Å². The van der Waals surface area contributed by atoms with Crippen LogP contribution >= 0.6 is 11.6 Å². The molecule has 0 saturated heterocycles. The Bertz CT molecular complexity index is 787. The normalized spacial score (nSPS) is 10.6. The second-order valence-electron chi connectivity index (χ2n) is 4.75. The number of nitrogens with zero attached hydrogens (tertiary/aromatic N) is 2. The van der Waals surface area contributed by atoms with Gasteiger partial charge in [0, 0.05) is 24.0 Å². The van der Waals surface area contributed by atoms with E-state index in [0.717, 1.165) is 11.1 Å². The molecule has 1 heterocycles. The average molecular weight is 291 g/mol. The second-order valence-corrected chi connectivity index (χ2v) is 5.15. The fourth-order valence-electron chi connectivity index (χ4n) is 1.97. The van der Waals surface area contributed by atoms with Crippen molar-refractivity contribution in [3.05, 3.63) is 74.0 Å². The molecule has 2 rings (SSSR count). The van der Waals surface area contributed by atoms with E-state index < -0.39 is 11.1 Å². The number of aromatic nitrogens is 2. The van der Waals surface area contributed by atoms with E-state index in [-0.39, 0.29) is 0 Å². The van der Waals surface area contributed by atoms with Crippen molar-refractivity contribution in [2.24, 2.45) is 0 Å². The molecule has 0 aliphatic carbocycles. The fraction of sp³-hybridized carbons (Fsp3) is 0.200. The van der Waals surface area contributed by atoms with E-state index in [1.165, 1.54) is 9.13 Å². The maximum Gasteiger partial charge on any atom is 0.320 e. The van der Waals surface area contributed by atoms with E-state index in [1.54, 1.807) is 37.5 Å². The monoisotopic (exact) mass is 290 g/mol. The predicted octanol–water partition coefficient (Wildman–Crippen LogP) is 2.54. The van der Waals surface area contributed by atoms with Gasteiger partial charge in [0.05, 0.1) is 5.69 Å². The Balaban J connectivity index is 2.64. The third-order valence-electron chi connectivity index (χ3n) is 3.00. The van der Waals surface area contributed by atoms with Gasteiger partial charge >= 0.3 is 11.1 Å². The van der Waals surface area contributed by atoms with Crippen molar-refractivity contribution in [1.29, 1.82) is 0 Å². The zero-order valence-electron chi connectivity index (χ0n) is 11.4. The van der Waals surface area contributed by atoms with Gasteiger partial charge < -0.3 is 4.57 Å². The topological polar surface area (TPSA) is 44.0 Å². The Morgan fingerprint density at radius 1 is 1.25 bits per heavy atom. The van der Waals surface area contributed by atoms with Gasteiger partial charge in [-0.2, -0.15) is 0 Å². The molecule has 2 aromatic rings. The molecule has 0 atom stereocenters. The van der Waals surface area contributed by atoms with Gasteiger partial charge in [-0.25, -0.2) is 0 Å². The molecule has 1 aromatic heterocycles. The molecule has 20 heavy (non-hydrogen) atoms. The smallest absolute Gasteiger partial charge is 0.305 e. The van der Waals surface area contributed by atoms with Crippen molar-refractivity contribution in [1.82, 2.24) is 9.13 Å². The molecule has 0 bridgehead atoms. The molecule has 0 saturated carbocycles. The number of rotatable bonds is 3. The van der Waals surface area contributed by atoms with Crippen molar-refractivity contribution in [3.8, 4) is 5.69 Å². The summed E-state index contributed by atoms with van der Waals surface area (Å²) in [6.45, 7) is 7.69. The highest BCUT2D eigenvalue weighted by molar-refractivity contribution is 6.31. The van der Waals surface area contributed by atoms with E-state index >= 15 is 0 Å². The largest absolute Gasteiger partial charge is 0.320 e. The van der Waals surface area contributed by atoms with Gasteiger partial charge in [-0.1, -0.05) is 29.8 Å². The van der Waals surface area contributed by atoms with Gasteiger partial charge in [0.15, 0.2) is 0 Å². The molecule has 0 amide bonds. The Morgan fingerprint density at radius 2 is 1.95 bits per heavy atom. The average Bonchev–Trinajstić information content (AvgIpc) is 2.39. The molecule has 0 radical (unpaired) electrons. The van der Waals surface area contributed by atoms with E-state index in [4.69, 9.17) is 11.6 Å². The van der Waals surface area contributed by atoms with Gasteiger partial charge in [0.25, 0.3) is 0 Å². The second kappa shape index (κ2) is 5.51. The summed E-state index contributed by atoms with van der Waals surface area (Å²) in [5, 5.41) is 0.556. The minimum atomic E-state index is -0.598. The highest BCUT2D eigenvalue weighted by Gasteiger charge is 2.10. The maximum atomic E-state index is 12.2. The zero-order valence-corrected chi connectivity index (χ0v) is 12.1. The lowest BCUT2D eigenvalue weighted by molar-refractivity contribution is 0.710. The van der Waals surface area contributed by atoms with Crippen LogP contribution in [0, 0.1) is 6.92 Å². The number of hydrogen-bond donors (Lipinski definition) is 0. The van der Waals surface area contributed by atoms with Crippen molar-refractivity contribution < 1.29 is 0 Å². The summed E-state index contributed by atoms with van der Waals surface area (Å²) >= 11 is 6.05. The summed E-state index contributed by atoms with van der Waals surface area (Å²) in [5.74, 6) is 0. The summed E-state index contributed by atoms with van der Waals surface area (Å²) in [6.07, 6.45) is 3.16. The van der Waals surface area contributed by atoms with Crippen LogP contribution in [-0.4, -0.2) is 9.13 Å². The van der Waals surface area contributed by atoms with Crippen molar-refractivity contribution in [3.63, 3.8) is 0 Å². The Hall–Kier alpha value is -2.07. The quantitative estimate of drug-likeness (QED) is 0.644. The zero-order chi connectivity index (χ0) is 14.9. The lowest BCUT2D eigenvalue weighted by atomic mass is 10.2. The molecular formula is C15H15ClN2O2. The van der Waals surface area contributed by atoms with Crippen LogP contribution < -0.4 is 11.1 Å². The molecule has 0 aliphatic rings. The first-order chi connectivity index (χ1) is 9.41. The van der Waals surface area contributed by atoms with Crippen molar-refractivity contribution >= 4 is 11.6 Å². The first-order valence-electron chi connectivity index (χ1n) is 6.14. The number of allylic oxidation sites excluding steroid dienone is 1. The first-order valence-corrected chi connectivity index (χ1v) is 6.51. The number of hydrogen-bond acceptors (Lipinski definition) is 2. The van der Waals surface area contributed by atoms with Crippen LogP contribution in [0.4, 0.5) is 0 Å². The number of benzene rings is 1. The fourth-order valence-corrected chi connectivity index (χ4v) is 2.14. The summed E-state index contributed by atoms with van der Waals surface area (Å²) in [6, 6.07) is 5.25. The molecule has 0 unspecified atom stereocenters. The third kappa shape index (κ3) is 2.60. The summed E-state index contributed by atoms with van der Waals surface area (Å²) in [4.78, 5) is 24.2. The van der Waals surface area contributed by atoms with Gasteiger partial charge in [-0.15, -0.1) is 0 Å². The molecular weight excluding hydrogens is 276 g/mol. The lowest BCUT2D eigenvalue weighted by Gasteiger charge is -2.11. The first kappa shape index (κ1) is 14.3. The Labute approximate surface area is 121 Å². The van der Waals surface area contributed by atoms with Crippen LogP contribution in [0.3, 0.4) is 0 Å². The van der Waals surface area contributed by atoms with Crippen molar-refractivity contribution in [2.75, 3.05) is 0 Å². The molecule has 0 fully saturated rings. The van der Waals surface area contributed by atoms with Gasteiger partial charge in [0.2, 0.25) is 0 Å². The van der Waals surface area contributed by atoms with Gasteiger partial charge in [0.1, 0.15) is 0 Å².